The van der Waals surface area contributed by atoms with Gasteiger partial charge in [0, 0.05) is 43.2 Å². The van der Waals surface area contributed by atoms with Gasteiger partial charge in [0.05, 0.1) is 0 Å². The van der Waals surface area contributed by atoms with Crippen LogP contribution in [0.4, 0.5) is 11.6 Å². The summed E-state index contributed by atoms with van der Waals surface area (Å²) >= 11 is 0. The molecule has 3 N–H and O–H groups in total. The van der Waals surface area contributed by atoms with E-state index in [0.29, 0.717) is 29.9 Å². The molecule has 9 nitrogen and oxygen atoms in total. The van der Waals surface area contributed by atoms with Crippen molar-refractivity contribution >= 4 is 28.3 Å². The number of imidazole rings is 1. The van der Waals surface area contributed by atoms with Crippen molar-refractivity contribution in [2.24, 2.45) is 0 Å². The van der Waals surface area contributed by atoms with Crippen molar-refractivity contribution < 1.29 is 9.32 Å². The summed E-state index contributed by atoms with van der Waals surface area (Å²) in [5.74, 6) is 2.89. The minimum atomic E-state index is -0.123. The van der Waals surface area contributed by atoms with Crippen LogP contribution in [0.25, 0.3) is 22.2 Å². The van der Waals surface area contributed by atoms with Crippen LogP contribution in [0.3, 0.4) is 0 Å². The van der Waals surface area contributed by atoms with Crippen LogP contribution in [-0.2, 0) is 4.79 Å². The Kier molecular flexibility index (Phi) is 4.71. The lowest BCUT2D eigenvalue weighted by Crippen LogP contribution is -2.16. The molecule has 4 rings (SSSR count). The zero-order chi connectivity index (χ0) is 19.5. The van der Waals surface area contributed by atoms with Crippen molar-refractivity contribution in [3.63, 3.8) is 0 Å². The highest BCUT2D eigenvalue weighted by Crippen LogP contribution is 2.26. The first-order chi connectivity index (χ1) is 13.6. The third-order valence-electron chi connectivity index (χ3n) is 4.17. The molecule has 0 fully saturated rings. The maximum atomic E-state index is 12.1. The van der Waals surface area contributed by atoms with E-state index >= 15 is 0 Å². The lowest BCUT2D eigenvalue weighted by molar-refractivity contribution is -0.116. The van der Waals surface area contributed by atoms with Crippen LogP contribution in [0.5, 0.6) is 0 Å². The van der Waals surface area contributed by atoms with Crippen LogP contribution in [-0.4, -0.2) is 37.5 Å². The number of aromatic amines is 1. The minimum Gasteiger partial charge on any atom is -0.369 e. The molecule has 0 radical (unpaired) electrons. The Labute approximate surface area is 160 Å². The van der Waals surface area contributed by atoms with E-state index < -0.39 is 0 Å². The Balaban J connectivity index is 1.46. The summed E-state index contributed by atoms with van der Waals surface area (Å²) in [7, 11) is 0. The number of fused-ring (bicyclic) bond motifs is 1. The van der Waals surface area contributed by atoms with Gasteiger partial charge in [-0.2, -0.15) is 4.98 Å². The van der Waals surface area contributed by atoms with E-state index in [1.165, 1.54) is 0 Å². The van der Waals surface area contributed by atoms with Gasteiger partial charge in [0.25, 0.3) is 0 Å². The van der Waals surface area contributed by atoms with Gasteiger partial charge in [-0.3, -0.25) is 4.79 Å². The zero-order valence-corrected chi connectivity index (χ0v) is 15.5. The molecule has 28 heavy (non-hydrogen) atoms. The van der Waals surface area contributed by atoms with E-state index in [-0.39, 0.29) is 12.3 Å². The molecule has 3 aromatic heterocycles. The number of anilines is 2. The third kappa shape index (κ3) is 3.83. The van der Waals surface area contributed by atoms with Gasteiger partial charge >= 0.3 is 0 Å². The molecule has 3 heterocycles. The van der Waals surface area contributed by atoms with Crippen LogP contribution in [0.2, 0.25) is 0 Å². The average Bonchev–Trinajstić information content (AvgIpc) is 3.29. The Hall–Kier alpha value is -3.75. The Morgan fingerprint density at radius 3 is 2.86 bits per heavy atom. The zero-order valence-electron chi connectivity index (χ0n) is 15.5. The highest BCUT2D eigenvalue weighted by molar-refractivity contribution is 5.95. The molecule has 0 saturated heterocycles. The molecule has 1 amide bonds. The summed E-state index contributed by atoms with van der Waals surface area (Å²) in [4.78, 5) is 27.8. The lowest BCUT2D eigenvalue weighted by atomic mass is 10.1. The topological polar surface area (TPSA) is 122 Å². The quantitative estimate of drug-likeness (QED) is 0.472. The van der Waals surface area contributed by atoms with Gasteiger partial charge in [0.1, 0.15) is 11.6 Å². The number of pyridine rings is 1. The maximum absolute atomic E-state index is 12.1. The van der Waals surface area contributed by atoms with Crippen molar-refractivity contribution in [1.82, 2.24) is 25.1 Å². The van der Waals surface area contributed by atoms with E-state index in [4.69, 9.17) is 4.52 Å². The minimum absolute atomic E-state index is 0.123. The number of H-pyrrole nitrogens is 1. The van der Waals surface area contributed by atoms with Gasteiger partial charge in [0.2, 0.25) is 17.6 Å². The van der Waals surface area contributed by atoms with Crippen molar-refractivity contribution in [3.8, 4) is 11.4 Å². The summed E-state index contributed by atoms with van der Waals surface area (Å²) in [5.41, 5.74) is 0.840. The first kappa shape index (κ1) is 17.7. The number of nitrogens with zero attached hydrogens (tertiary/aromatic N) is 4. The first-order valence-electron chi connectivity index (χ1n) is 8.84. The standard InChI is InChI=1S/C19H19N7O2/c1-11-22-10-16(23-11)25-17(27)6-8-21-19-15-9-14(18-24-12(2)28-26-18)4-3-13(15)5-7-20-19/h3-5,7,9-10H,6,8H2,1-2H3,(H,20,21)(H,22,23)(H,25,27). The summed E-state index contributed by atoms with van der Waals surface area (Å²) in [5, 5.41) is 11.9. The number of carbonyl (C=O) groups is 1. The second kappa shape index (κ2) is 7.47. The third-order valence-corrected chi connectivity index (χ3v) is 4.17. The van der Waals surface area contributed by atoms with Gasteiger partial charge in [-0.25, -0.2) is 9.97 Å². The Bertz CT molecular complexity index is 1130. The molecular formula is C19H19N7O2. The molecule has 9 heteroatoms. The number of aryl methyl sites for hydroxylation is 2. The number of aromatic nitrogens is 5. The number of carbonyl (C=O) groups excluding carboxylic acids is 1. The molecule has 0 saturated carbocycles. The molecule has 0 aliphatic heterocycles. The van der Waals surface area contributed by atoms with Crippen LogP contribution < -0.4 is 10.6 Å². The molecule has 0 atom stereocenters. The van der Waals surface area contributed by atoms with Crippen LogP contribution in [0.15, 0.2) is 41.2 Å². The lowest BCUT2D eigenvalue weighted by Gasteiger charge is -2.09. The van der Waals surface area contributed by atoms with Gasteiger partial charge in [-0.05, 0) is 24.4 Å². The number of hydrogen-bond acceptors (Lipinski definition) is 7. The molecule has 4 aromatic rings. The maximum Gasteiger partial charge on any atom is 0.227 e. The van der Waals surface area contributed by atoms with Crippen molar-refractivity contribution in [2.45, 2.75) is 20.3 Å². The van der Waals surface area contributed by atoms with Crippen LogP contribution in [0, 0.1) is 13.8 Å². The highest BCUT2D eigenvalue weighted by Gasteiger charge is 2.10. The van der Waals surface area contributed by atoms with Crippen LogP contribution in [0.1, 0.15) is 18.1 Å². The molecule has 0 unspecified atom stereocenters. The summed E-state index contributed by atoms with van der Waals surface area (Å²) < 4.78 is 5.06. The normalized spacial score (nSPS) is 10.9. The fourth-order valence-electron chi connectivity index (χ4n) is 2.85. The molecule has 142 valence electrons. The number of rotatable bonds is 6. The average molecular weight is 377 g/mol. The van der Waals surface area contributed by atoms with Crippen molar-refractivity contribution in [1.29, 1.82) is 0 Å². The summed E-state index contributed by atoms with van der Waals surface area (Å²) in [6, 6.07) is 7.81. The summed E-state index contributed by atoms with van der Waals surface area (Å²) in [6.45, 7) is 4.02. The first-order valence-corrected chi connectivity index (χ1v) is 8.84. The largest absolute Gasteiger partial charge is 0.369 e. The van der Waals surface area contributed by atoms with Gasteiger partial charge < -0.3 is 20.1 Å². The van der Waals surface area contributed by atoms with E-state index in [2.05, 4.69) is 35.7 Å². The van der Waals surface area contributed by atoms with Crippen molar-refractivity contribution in [3.05, 3.63) is 48.4 Å². The second-order valence-electron chi connectivity index (χ2n) is 6.33. The SMILES string of the molecule is Cc1nc(NC(=O)CCNc2nccc3ccc(-c4noc(C)n4)cc23)c[nH]1. The highest BCUT2D eigenvalue weighted by atomic mass is 16.5. The number of hydrogen-bond donors (Lipinski definition) is 3. The predicted octanol–water partition coefficient (Wildman–Crippen LogP) is 3.07. The predicted molar refractivity (Wildman–Crippen MR) is 105 cm³/mol. The fraction of sp³-hybridized carbons (Fsp3) is 0.211. The molecule has 0 bridgehead atoms. The van der Waals surface area contributed by atoms with E-state index in [0.717, 1.165) is 22.2 Å². The number of benzene rings is 1. The number of nitrogens with one attached hydrogen (secondary N) is 3. The fourth-order valence-corrected chi connectivity index (χ4v) is 2.85. The van der Waals surface area contributed by atoms with Gasteiger partial charge in [-0.15, -0.1) is 0 Å². The smallest absolute Gasteiger partial charge is 0.227 e. The Morgan fingerprint density at radius 2 is 2.11 bits per heavy atom. The molecule has 0 aliphatic carbocycles. The Morgan fingerprint density at radius 1 is 1.21 bits per heavy atom. The summed E-state index contributed by atoms with van der Waals surface area (Å²) in [6.07, 6.45) is 3.68. The van der Waals surface area contributed by atoms with Crippen molar-refractivity contribution in [2.75, 3.05) is 17.2 Å². The monoisotopic (exact) mass is 377 g/mol. The molecule has 0 spiro atoms. The second-order valence-corrected chi connectivity index (χ2v) is 6.33. The molecule has 1 aromatic carbocycles. The van der Waals surface area contributed by atoms with Crippen LogP contribution >= 0.6 is 0 Å². The molecule has 0 aliphatic rings. The number of amides is 1. The van der Waals surface area contributed by atoms with E-state index in [9.17, 15) is 4.79 Å². The molecular weight excluding hydrogens is 358 g/mol. The van der Waals surface area contributed by atoms with E-state index in [1.807, 2.05) is 31.2 Å². The van der Waals surface area contributed by atoms with E-state index in [1.54, 1.807) is 19.3 Å². The van der Waals surface area contributed by atoms with Gasteiger partial charge in [0.15, 0.2) is 5.82 Å². The van der Waals surface area contributed by atoms with Gasteiger partial charge in [-0.1, -0.05) is 17.3 Å².